The number of ether oxygens (including phenoxy) is 4. The molecule has 0 aliphatic carbocycles. The van der Waals surface area contributed by atoms with Gasteiger partial charge >= 0.3 is 0 Å². The van der Waals surface area contributed by atoms with E-state index in [1.807, 2.05) is 0 Å². The van der Waals surface area contributed by atoms with Crippen LogP contribution in [0.3, 0.4) is 0 Å². The Kier molecular flexibility index (Phi) is 5.12. The minimum atomic E-state index is -0.0977. The van der Waals surface area contributed by atoms with E-state index < -0.39 is 0 Å². The number of aryl methyl sites for hydroxylation is 4. The number of hydrogen-bond acceptors (Lipinski definition) is 4. The Balaban J connectivity index is 1.46. The van der Waals surface area contributed by atoms with Crippen LogP contribution in [0.25, 0.3) is 0 Å². The molecule has 2 heterocycles. The summed E-state index contributed by atoms with van der Waals surface area (Å²) in [5.41, 5.74) is 7.11. The third-order valence-electron chi connectivity index (χ3n) is 5.77. The minimum absolute atomic E-state index is 0.0977. The molecule has 0 N–H and O–H groups in total. The summed E-state index contributed by atoms with van der Waals surface area (Å²) in [4.78, 5) is 0. The van der Waals surface area contributed by atoms with Crippen LogP contribution >= 0.6 is 0 Å². The molecule has 4 rings (SSSR count). The van der Waals surface area contributed by atoms with E-state index in [4.69, 9.17) is 18.9 Å². The van der Waals surface area contributed by atoms with Gasteiger partial charge < -0.3 is 18.9 Å². The summed E-state index contributed by atoms with van der Waals surface area (Å²) in [6.45, 7) is 15.4. The number of hydrogen-bond donors (Lipinski definition) is 0. The standard InChI is InChI=1S/C25H32O4/c1-16-7-20(8-17(2)22(16)26-12-24(5)14-28-24)11-21-9-18(3)23(19(4)10-21)27-13-25(6)15-29-25/h7-10H,11-15H2,1-6H3. The molecule has 2 unspecified atom stereocenters. The molecule has 156 valence electrons. The molecule has 0 amide bonds. The Morgan fingerprint density at radius 3 is 1.28 bits per heavy atom. The van der Waals surface area contributed by atoms with Gasteiger partial charge in [-0.25, -0.2) is 0 Å². The fourth-order valence-electron chi connectivity index (χ4n) is 3.84. The van der Waals surface area contributed by atoms with Crippen LogP contribution in [-0.4, -0.2) is 37.6 Å². The SMILES string of the molecule is Cc1cc(Cc2cc(C)c(OCC3(C)CO3)c(C)c2)cc(C)c1OCC1(C)CO1. The van der Waals surface area contributed by atoms with Crippen molar-refractivity contribution < 1.29 is 18.9 Å². The zero-order valence-electron chi connectivity index (χ0n) is 18.5. The Morgan fingerprint density at radius 2 is 1.00 bits per heavy atom. The van der Waals surface area contributed by atoms with Gasteiger partial charge in [0.2, 0.25) is 0 Å². The first-order valence-corrected chi connectivity index (χ1v) is 10.4. The van der Waals surface area contributed by atoms with Crippen LogP contribution < -0.4 is 9.47 Å². The summed E-state index contributed by atoms with van der Waals surface area (Å²) >= 11 is 0. The molecule has 2 aliphatic heterocycles. The molecule has 2 atom stereocenters. The molecule has 2 fully saturated rings. The number of epoxide rings is 2. The van der Waals surface area contributed by atoms with E-state index in [9.17, 15) is 0 Å². The Bertz CT molecular complexity index is 801. The highest BCUT2D eigenvalue weighted by molar-refractivity contribution is 5.47. The Hall–Kier alpha value is -2.04. The third kappa shape index (κ3) is 4.76. The van der Waals surface area contributed by atoms with Crippen LogP contribution in [0.4, 0.5) is 0 Å². The Morgan fingerprint density at radius 1 is 0.690 bits per heavy atom. The smallest absolute Gasteiger partial charge is 0.125 e. The van der Waals surface area contributed by atoms with E-state index in [-0.39, 0.29) is 11.2 Å². The molecule has 4 nitrogen and oxygen atoms in total. The van der Waals surface area contributed by atoms with Crippen molar-refractivity contribution in [3.8, 4) is 11.5 Å². The van der Waals surface area contributed by atoms with Crippen molar-refractivity contribution in [2.45, 2.75) is 59.2 Å². The van der Waals surface area contributed by atoms with Crippen molar-refractivity contribution in [2.24, 2.45) is 0 Å². The van der Waals surface area contributed by atoms with E-state index in [0.717, 1.165) is 31.1 Å². The predicted octanol–water partition coefficient (Wildman–Crippen LogP) is 4.85. The van der Waals surface area contributed by atoms with Gasteiger partial charge in [0.15, 0.2) is 0 Å². The van der Waals surface area contributed by atoms with Crippen molar-refractivity contribution in [1.82, 2.24) is 0 Å². The molecule has 0 bridgehead atoms. The van der Waals surface area contributed by atoms with E-state index in [0.29, 0.717) is 13.2 Å². The van der Waals surface area contributed by atoms with Gasteiger partial charge in [-0.1, -0.05) is 24.3 Å². The maximum atomic E-state index is 6.06. The number of benzene rings is 2. The molecule has 2 aromatic rings. The average Bonchev–Trinajstić information content (AvgIpc) is 3.53. The quantitative estimate of drug-likeness (QED) is 0.599. The minimum Gasteiger partial charge on any atom is -0.490 e. The summed E-state index contributed by atoms with van der Waals surface area (Å²) in [5, 5.41) is 0. The molecule has 0 saturated carbocycles. The molecular weight excluding hydrogens is 364 g/mol. The van der Waals surface area contributed by atoms with Crippen molar-refractivity contribution in [1.29, 1.82) is 0 Å². The van der Waals surface area contributed by atoms with Crippen LogP contribution in [0.2, 0.25) is 0 Å². The van der Waals surface area contributed by atoms with Crippen LogP contribution in [0.15, 0.2) is 24.3 Å². The molecule has 29 heavy (non-hydrogen) atoms. The van der Waals surface area contributed by atoms with Gasteiger partial charge in [0.1, 0.15) is 35.9 Å². The normalized spacial score (nSPS) is 25.0. The second-order valence-corrected chi connectivity index (χ2v) is 9.35. The van der Waals surface area contributed by atoms with Crippen LogP contribution in [0.1, 0.15) is 47.2 Å². The largest absolute Gasteiger partial charge is 0.490 e. The van der Waals surface area contributed by atoms with Gasteiger partial charge in [-0.15, -0.1) is 0 Å². The highest BCUT2D eigenvalue weighted by Crippen LogP contribution is 2.33. The fourth-order valence-corrected chi connectivity index (χ4v) is 3.84. The summed E-state index contributed by atoms with van der Waals surface area (Å²) in [6.07, 6.45) is 0.894. The lowest BCUT2D eigenvalue weighted by Crippen LogP contribution is -2.18. The molecule has 0 radical (unpaired) electrons. The van der Waals surface area contributed by atoms with Crippen molar-refractivity contribution >= 4 is 0 Å². The molecular formula is C25H32O4. The average molecular weight is 397 g/mol. The maximum Gasteiger partial charge on any atom is 0.125 e. The van der Waals surface area contributed by atoms with Gasteiger partial charge in [0.25, 0.3) is 0 Å². The molecule has 2 saturated heterocycles. The molecule has 0 aromatic heterocycles. The van der Waals surface area contributed by atoms with Gasteiger partial charge in [0, 0.05) is 0 Å². The van der Waals surface area contributed by atoms with E-state index in [1.54, 1.807) is 0 Å². The summed E-state index contributed by atoms with van der Waals surface area (Å²) in [6, 6.07) is 8.94. The van der Waals surface area contributed by atoms with Gasteiger partial charge in [-0.05, 0) is 81.3 Å². The second kappa shape index (κ2) is 7.33. The third-order valence-corrected chi connectivity index (χ3v) is 5.77. The molecule has 2 aliphatic rings. The van der Waals surface area contributed by atoms with Crippen molar-refractivity contribution in [3.63, 3.8) is 0 Å². The highest BCUT2D eigenvalue weighted by atomic mass is 16.6. The van der Waals surface area contributed by atoms with Crippen molar-refractivity contribution in [2.75, 3.05) is 26.4 Å². The zero-order chi connectivity index (χ0) is 20.8. The van der Waals surface area contributed by atoms with Crippen LogP contribution in [0, 0.1) is 27.7 Å². The number of rotatable bonds is 8. The predicted molar refractivity (Wildman–Crippen MR) is 114 cm³/mol. The van der Waals surface area contributed by atoms with E-state index in [2.05, 4.69) is 65.8 Å². The molecule has 2 aromatic carbocycles. The van der Waals surface area contributed by atoms with Crippen LogP contribution in [0.5, 0.6) is 11.5 Å². The topological polar surface area (TPSA) is 43.5 Å². The second-order valence-electron chi connectivity index (χ2n) is 9.35. The first-order valence-electron chi connectivity index (χ1n) is 10.4. The first kappa shape index (κ1) is 20.2. The lowest BCUT2D eigenvalue weighted by molar-refractivity contribution is 0.201. The summed E-state index contributed by atoms with van der Waals surface area (Å²) < 4.78 is 23.0. The monoisotopic (exact) mass is 396 g/mol. The first-order chi connectivity index (χ1) is 13.7. The lowest BCUT2D eigenvalue weighted by Gasteiger charge is -2.17. The lowest BCUT2D eigenvalue weighted by atomic mass is 9.97. The van der Waals surface area contributed by atoms with E-state index >= 15 is 0 Å². The maximum absolute atomic E-state index is 6.06. The van der Waals surface area contributed by atoms with Gasteiger partial charge in [0.05, 0.1) is 13.2 Å². The van der Waals surface area contributed by atoms with Crippen LogP contribution in [-0.2, 0) is 15.9 Å². The zero-order valence-corrected chi connectivity index (χ0v) is 18.5. The fraction of sp³-hybridized carbons (Fsp3) is 0.520. The van der Waals surface area contributed by atoms with E-state index in [1.165, 1.54) is 33.4 Å². The molecule has 0 spiro atoms. The highest BCUT2D eigenvalue weighted by Gasteiger charge is 2.41. The summed E-state index contributed by atoms with van der Waals surface area (Å²) in [5.74, 6) is 1.97. The van der Waals surface area contributed by atoms with Crippen molar-refractivity contribution in [3.05, 3.63) is 57.6 Å². The summed E-state index contributed by atoms with van der Waals surface area (Å²) in [7, 11) is 0. The Labute approximate surface area is 174 Å². The van der Waals surface area contributed by atoms with Gasteiger partial charge in [-0.3, -0.25) is 0 Å². The van der Waals surface area contributed by atoms with Gasteiger partial charge in [-0.2, -0.15) is 0 Å². The molecule has 4 heteroatoms.